The highest BCUT2D eigenvalue weighted by molar-refractivity contribution is 7.08. The molecule has 126 valence electrons. The van der Waals surface area contributed by atoms with E-state index >= 15 is 0 Å². The van der Waals surface area contributed by atoms with Crippen molar-refractivity contribution in [1.82, 2.24) is 0 Å². The third kappa shape index (κ3) is 4.66. The molecule has 1 aliphatic heterocycles. The van der Waals surface area contributed by atoms with E-state index in [1.54, 1.807) is 35.4 Å². The standard InChI is InChI=1S/C18H24NOS2.HI/c1-19(9-10-20-2)7-3-15(4-8-19)18(16-5-11-21-13-16)17-6-12-22-14-17;/h5-6,11-14H,3-4,7-10H2,1-2H3;1H/q+1;/p-1. The molecule has 0 radical (unpaired) electrons. The van der Waals surface area contributed by atoms with Crippen LogP contribution in [-0.4, -0.2) is 44.9 Å². The molecule has 3 rings (SSSR count). The first-order chi connectivity index (χ1) is 10.7. The van der Waals surface area contributed by atoms with Crippen LogP contribution in [0.5, 0.6) is 0 Å². The molecule has 0 atom stereocenters. The Morgan fingerprint density at radius 3 is 2.09 bits per heavy atom. The van der Waals surface area contributed by atoms with Crippen molar-refractivity contribution in [3.05, 3.63) is 50.4 Å². The average molecular weight is 461 g/mol. The van der Waals surface area contributed by atoms with Gasteiger partial charge in [0.15, 0.2) is 0 Å². The topological polar surface area (TPSA) is 9.23 Å². The predicted octanol–water partition coefficient (Wildman–Crippen LogP) is 1.50. The van der Waals surface area contributed by atoms with Crippen molar-refractivity contribution in [2.45, 2.75) is 12.8 Å². The number of thiophene rings is 2. The second kappa shape index (κ2) is 8.76. The van der Waals surface area contributed by atoms with Crippen LogP contribution < -0.4 is 24.0 Å². The van der Waals surface area contributed by atoms with E-state index in [0.717, 1.165) is 17.6 Å². The molecule has 0 saturated carbocycles. The van der Waals surface area contributed by atoms with Crippen molar-refractivity contribution in [2.24, 2.45) is 0 Å². The summed E-state index contributed by atoms with van der Waals surface area (Å²) in [6.07, 6.45) is 2.39. The van der Waals surface area contributed by atoms with Crippen molar-refractivity contribution in [2.75, 3.05) is 40.4 Å². The van der Waals surface area contributed by atoms with Crippen molar-refractivity contribution < 1.29 is 33.2 Å². The normalized spacial score (nSPS) is 21.0. The zero-order chi connectivity index (χ0) is 15.4. The zero-order valence-electron chi connectivity index (χ0n) is 13.8. The molecule has 1 saturated heterocycles. The summed E-state index contributed by atoms with van der Waals surface area (Å²) in [6, 6.07) is 4.52. The summed E-state index contributed by atoms with van der Waals surface area (Å²) in [7, 11) is 4.16. The maximum Gasteiger partial charge on any atom is 0.102 e. The largest absolute Gasteiger partial charge is 1.00 e. The lowest BCUT2D eigenvalue weighted by Gasteiger charge is -2.39. The van der Waals surface area contributed by atoms with Crippen LogP contribution in [0.15, 0.2) is 39.2 Å². The summed E-state index contributed by atoms with van der Waals surface area (Å²) in [5, 5.41) is 8.94. The smallest absolute Gasteiger partial charge is 0.102 e. The van der Waals surface area contributed by atoms with E-state index in [1.807, 2.05) is 0 Å². The lowest BCUT2D eigenvalue weighted by atomic mass is 9.90. The second-order valence-corrected chi connectivity index (χ2v) is 7.85. The van der Waals surface area contributed by atoms with Crippen molar-refractivity contribution in [1.29, 1.82) is 0 Å². The van der Waals surface area contributed by atoms with Gasteiger partial charge in [0, 0.05) is 20.0 Å². The highest BCUT2D eigenvalue weighted by atomic mass is 127. The molecule has 2 aromatic heterocycles. The number of rotatable bonds is 5. The van der Waals surface area contributed by atoms with Crippen molar-refractivity contribution >= 4 is 28.2 Å². The number of ether oxygens (including phenoxy) is 1. The first-order valence-corrected chi connectivity index (χ1v) is 9.70. The van der Waals surface area contributed by atoms with E-state index in [2.05, 4.69) is 40.7 Å². The molecule has 2 nitrogen and oxygen atoms in total. The summed E-state index contributed by atoms with van der Waals surface area (Å²) in [5.74, 6) is 0. The van der Waals surface area contributed by atoms with Crippen LogP contribution in [0.2, 0.25) is 0 Å². The highest BCUT2D eigenvalue weighted by Gasteiger charge is 2.28. The van der Waals surface area contributed by atoms with E-state index in [1.165, 1.54) is 42.6 Å². The molecule has 0 aliphatic carbocycles. The number of hydrogen-bond acceptors (Lipinski definition) is 3. The van der Waals surface area contributed by atoms with Crippen LogP contribution in [-0.2, 0) is 4.74 Å². The molecular formula is C18H24INOS2. The van der Waals surface area contributed by atoms with Crippen LogP contribution in [0.4, 0.5) is 0 Å². The molecule has 2 aromatic rings. The number of methoxy groups -OCH3 is 1. The number of hydrogen-bond donors (Lipinski definition) is 0. The Labute approximate surface area is 164 Å². The van der Waals surface area contributed by atoms with Crippen LogP contribution in [0.1, 0.15) is 24.0 Å². The SMILES string of the molecule is COCC[N+]1(C)CCC(=C(c2ccsc2)c2ccsc2)CC1.[I-]. The molecule has 1 aliphatic rings. The van der Waals surface area contributed by atoms with Gasteiger partial charge >= 0.3 is 0 Å². The molecule has 3 heterocycles. The first-order valence-electron chi connectivity index (χ1n) is 7.81. The van der Waals surface area contributed by atoms with Gasteiger partial charge in [0.25, 0.3) is 0 Å². The maximum atomic E-state index is 5.28. The van der Waals surface area contributed by atoms with Crippen LogP contribution in [0.25, 0.3) is 5.57 Å². The van der Waals surface area contributed by atoms with E-state index < -0.39 is 0 Å². The van der Waals surface area contributed by atoms with Crippen molar-refractivity contribution in [3.8, 4) is 0 Å². The van der Waals surface area contributed by atoms with Gasteiger partial charge in [0.1, 0.15) is 6.54 Å². The molecular weight excluding hydrogens is 437 g/mol. The average Bonchev–Trinajstić information content (AvgIpc) is 3.22. The van der Waals surface area contributed by atoms with Gasteiger partial charge < -0.3 is 33.2 Å². The molecule has 1 fully saturated rings. The Bertz CT molecular complexity index is 573. The lowest BCUT2D eigenvalue weighted by Crippen LogP contribution is -3.00. The number of likely N-dealkylation sites (tertiary alicyclic amines) is 1. The van der Waals surface area contributed by atoms with E-state index in [-0.39, 0.29) is 24.0 Å². The van der Waals surface area contributed by atoms with Gasteiger partial charge in [0.05, 0.1) is 26.7 Å². The number of halogens is 1. The Morgan fingerprint density at radius 2 is 1.65 bits per heavy atom. The quantitative estimate of drug-likeness (QED) is 0.485. The third-order valence-electron chi connectivity index (χ3n) is 4.72. The molecule has 0 N–H and O–H groups in total. The number of nitrogens with zero attached hydrogens (tertiary/aromatic N) is 1. The van der Waals surface area contributed by atoms with Gasteiger partial charge in [-0.2, -0.15) is 22.7 Å². The fourth-order valence-electron chi connectivity index (χ4n) is 3.22. The molecule has 0 spiro atoms. The Hall–Kier alpha value is -0.210. The maximum absolute atomic E-state index is 5.28. The molecule has 0 unspecified atom stereocenters. The van der Waals surface area contributed by atoms with Crippen LogP contribution >= 0.6 is 22.7 Å². The van der Waals surface area contributed by atoms with Gasteiger partial charge in [-0.15, -0.1) is 0 Å². The van der Waals surface area contributed by atoms with E-state index in [9.17, 15) is 0 Å². The minimum Gasteiger partial charge on any atom is -1.00 e. The fourth-order valence-corrected chi connectivity index (χ4v) is 4.51. The third-order valence-corrected chi connectivity index (χ3v) is 6.08. The zero-order valence-corrected chi connectivity index (χ0v) is 17.5. The van der Waals surface area contributed by atoms with Crippen LogP contribution in [0.3, 0.4) is 0 Å². The monoisotopic (exact) mass is 461 g/mol. The molecule has 0 bridgehead atoms. The summed E-state index contributed by atoms with van der Waals surface area (Å²) in [5.41, 5.74) is 5.91. The lowest BCUT2D eigenvalue weighted by molar-refractivity contribution is -0.912. The van der Waals surface area contributed by atoms with Gasteiger partial charge in [0.2, 0.25) is 0 Å². The minimum absolute atomic E-state index is 0. The fraction of sp³-hybridized carbons (Fsp3) is 0.444. The predicted molar refractivity (Wildman–Crippen MR) is 96.6 cm³/mol. The number of quaternary nitrogens is 1. The summed E-state index contributed by atoms with van der Waals surface area (Å²) < 4.78 is 6.41. The molecule has 5 heteroatoms. The van der Waals surface area contributed by atoms with Crippen LogP contribution in [0, 0.1) is 0 Å². The molecule has 23 heavy (non-hydrogen) atoms. The number of piperidine rings is 1. The molecule has 0 amide bonds. The van der Waals surface area contributed by atoms with Gasteiger partial charge in [-0.05, 0) is 50.4 Å². The van der Waals surface area contributed by atoms with Gasteiger partial charge in [-0.1, -0.05) is 5.57 Å². The van der Waals surface area contributed by atoms with Crippen molar-refractivity contribution in [3.63, 3.8) is 0 Å². The first kappa shape index (κ1) is 19.1. The van der Waals surface area contributed by atoms with Gasteiger partial charge in [-0.25, -0.2) is 0 Å². The second-order valence-electron chi connectivity index (χ2n) is 6.29. The number of likely N-dealkylation sites (N-methyl/N-ethyl adjacent to an activating group) is 1. The van der Waals surface area contributed by atoms with E-state index in [4.69, 9.17) is 4.74 Å². The van der Waals surface area contributed by atoms with Gasteiger partial charge in [-0.3, -0.25) is 0 Å². The van der Waals surface area contributed by atoms with E-state index in [0.29, 0.717) is 0 Å². The summed E-state index contributed by atoms with van der Waals surface area (Å²) in [6.45, 7) is 4.42. The Morgan fingerprint density at radius 1 is 1.09 bits per heavy atom. The molecule has 0 aromatic carbocycles. The Kier molecular flexibility index (Phi) is 7.28. The minimum atomic E-state index is 0. The summed E-state index contributed by atoms with van der Waals surface area (Å²) in [4.78, 5) is 0. The summed E-state index contributed by atoms with van der Waals surface area (Å²) >= 11 is 3.58. The Balaban J connectivity index is 0.00000192. The highest BCUT2D eigenvalue weighted by Crippen LogP contribution is 2.35.